The van der Waals surface area contributed by atoms with Crippen molar-refractivity contribution in [2.75, 3.05) is 30.8 Å². The molecular formula is C17H21ClN8O. The summed E-state index contributed by atoms with van der Waals surface area (Å²) in [6, 6.07) is 9.77. The molecule has 10 heteroatoms. The summed E-state index contributed by atoms with van der Waals surface area (Å²) >= 11 is 0. The minimum Gasteiger partial charge on any atom is -0.368 e. The topological polar surface area (TPSA) is 119 Å². The van der Waals surface area contributed by atoms with E-state index in [4.69, 9.17) is 10.3 Å². The van der Waals surface area contributed by atoms with Gasteiger partial charge in [0, 0.05) is 18.7 Å². The zero-order chi connectivity index (χ0) is 17.9. The molecule has 27 heavy (non-hydrogen) atoms. The van der Waals surface area contributed by atoms with E-state index >= 15 is 0 Å². The average molecular weight is 389 g/mol. The lowest BCUT2D eigenvalue weighted by atomic mass is 9.98. The number of halogens is 1. The first-order valence-electron chi connectivity index (χ1n) is 8.56. The van der Waals surface area contributed by atoms with Gasteiger partial charge in [-0.1, -0.05) is 23.4 Å². The van der Waals surface area contributed by atoms with Crippen LogP contribution >= 0.6 is 12.4 Å². The van der Waals surface area contributed by atoms with Gasteiger partial charge >= 0.3 is 0 Å². The number of nitrogens with one attached hydrogen (secondary N) is 1. The third-order valence-electron chi connectivity index (χ3n) is 4.41. The van der Waals surface area contributed by atoms with E-state index in [1.54, 1.807) is 0 Å². The van der Waals surface area contributed by atoms with Gasteiger partial charge in [-0.3, -0.25) is 0 Å². The maximum absolute atomic E-state index is 5.88. The molecule has 142 valence electrons. The first-order chi connectivity index (χ1) is 12.7. The number of benzene rings is 1. The molecule has 1 aromatic carbocycles. The lowest BCUT2D eigenvalue weighted by Crippen LogP contribution is -2.26. The van der Waals surface area contributed by atoms with Crippen LogP contribution in [0.15, 0.2) is 34.9 Å². The number of nitrogens with two attached hydrogens (primary N) is 1. The summed E-state index contributed by atoms with van der Waals surface area (Å²) in [4.78, 5) is 19.2. The van der Waals surface area contributed by atoms with Crippen molar-refractivity contribution in [2.45, 2.75) is 18.8 Å². The summed E-state index contributed by atoms with van der Waals surface area (Å²) in [6.07, 6.45) is 1.95. The molecule has 3 heterocycles. The minimum atomic E-state index is 0. The van der Waals surface area contributed by atoms with Crippen molar-refractivity contribution >= 4 is 30.0 Å². The molecule has 1 fully saturated rings. The monoisotopic (exact) mass is 388 g/mol. The van der Waals surface area contributed by atoms with E-state index in [9.17, 15) is 0 Å². The summed E-state index contributed by atoms with van der Waals surface area (Å²) < 4.78 is 5.44. The zero-order valence-corrected chi connectivity index (χ0v) is 15.7. The molecule has 0 unspecified atom stereocenters. The number of aromatic nitrogens is 5. The van der Waals surface area contributed by atoms with Crippen LogP contribution < -0.4 is 16.0 Å². The van der Waals surface area contributed by atoms with Crippen molar-refractivity contribution in [3.63, 3.8) is 0 Å². The Morgan fingerprint density at radius 2 is 1.78 bits per heavy atom. The number of rotatable bonds is 4. The molecule has 3 aromatic rings. The largest absolute Gasteiger partial charge is 0.368 e. The van der Waals surface area contributed by atoms with Crippen molar-refractivity contribution in [1.82, 2.24) is 30.4 Å². The highest BCUT2D eigenvalue weighted by Gasteiger charge is 2.23. The van der Waals surface area contributed by atoms with Gasteiger partial charge in [0.05, 0.1) is 0 Å². The number of anilines is 3. The highest BCUT2D eigenvalue weighted by atomic mass is 35.5. The van der Waals surface area contributed by atoms with Gasteiger partial charge in [-0.05, 0) is 38.1 Å². The molecule has 3 N–H and O–H groups in total. The normalized spacial score (nSPS) is 14.6. The molecule has 4 rings (SSSR count). The molecule has 0 radical (unpaired) electrons. The van der Waals surface area contributed by atoms with E-state index < -0.39 is 0 Å². The number of para-hydroxylation sites is 1. The Morgan fingerprint density at radius 3 is 2.52 bits per heavy atom. The second kappa shape index (κ2) is 8.28. The second-order valence-electron chi connectivity index (χ2n) is 6.19. The molecule has 0 aliphatic carbocycles. The van der Waals surface area contributed by atoms with Gasteiger partial charge < -0.3 is 20.5 Å². The zero-order valence-electron chi connectivity index (χ0n) is 14.9. The van der Waals surface area contributed by atoms with E-state index in [-0.39, 0.29) is 24.3 Å². The van der Waals surface area contributed by atoms with E-state index in [0.717, 1.165) is 31.6 Å². The average Bonchev–Trinajstić information content (AvgIpc) is 3.19. The highest BCUT2D eigenvalue weighted by Crippen LogP contribution is 2.26. The number of piperidine rings is 1. The summed E-state index contributed by atoms with van der Waals surface area (Å²) in [7, 11) is 1.87. The van der Waals surface area contributed by atoms with Gasteiger partial charge in [0.15, 0.2) is 0 Å². The predicted octanol–water partition coefficient (Wildman–Crippen LogP) is 2.16. The quantitative estimate of drug-likeness (QED) is 0.692. The smallest absolute Gasteiger partial charge is 0.240 e. The van der Waals surface area contributed by atoms with E-state index in [1.165, 1.54) is 0 Å². The predicted molar refractivity (Wildman–Crippen MR) is 104 cm³/mol. The van der Waals surface area contributed by atoms with Gasteiger partial charge in [-0.2, -0.15) is 19.9 Å². The van der Waals surface area contributed by atoms with Crippen LogP contribution in [0.2, 0.25) is 0 Å². The van der Waals surface area contributed by atoms with Crippen LogP contribution in [0.3, 0.4) is 0 Å². The van der Waals surface area contributed by atoms with Crippen molar-refractivity contribution < 1.29 is 4.52 Å². The Balaban J connectivity index is 0.00000210. The maximum Gasteiger partial charge on any atom is 0.240 e. The fourth-order valence-corrected chi connectivity index (χ4v) is 2.96. The number of nitrogen functional groups attached to an aromatic ring is 1. The van der Waals surface area contributed by atoms with Crippen molar-refractivity contribution in [3.8, 4) is 11.6 Å². The molecule has 1 aliphatic heterocycles. The number of hydrogen-bond donors (Lipinski definition) is 2. The molecule has 0 saturated carbocycles. The van der Waals surface area contributed by atoms with Gasteiger partial charge in [0.1, 0.15) is 0 Å². The Bertz CT molecular complexity index is 882. The van der Waals surface area contributed by atoms with Crippen molar-refractivity contribution in [1.29, 1.82) is 0 Å². The Morgan fingerprint density at radius 1 is 1.04 bits per heavy atom. The van der Waals surface area contributed by atoms with Crippen molar-refractivity contribution in [2.24, 2.45) is 0 Å². The van der Waals surface area contributed by atoms with E-state index in [1.807, 2.05) is 42.3 Å². The lowest BCUT2D eigenvalue weighted by Gasteiger charge is -2.18. The minimum absolute atomic E-state index is 0. The van der Waals surface area contributed by atoms with Crippen LogP contribution in [-0.2, 0) is 0 Å². The number of hydrogen-bond acceptors (Lipinski definition) is 9. The third-order valence-corrected chi connectivity index (χ3v) is 4.41. The van der Waals surface area contributed by atoms with E-state index in [0.29, 0.717) is 23.5 Å². The Labute approximate surface area is 162 Å². The molecular weight excluding hydrogens is 368 g/mol. The van der Waals surface area contributed by atoms with E-state index in [2.05, 4.69) is 30.4 Å². The van der Waals surface area contributed by atoms with Crippen LogP contribution in [-0.4, -0.2) is 45.2 Å². The van der Waals surface area contributed by atoms with Gasteiger partial charge in [0.2, 0.25) is 29.4 Å². The first kappa shape index (κ1) is 19.0. The van der Waals surface area contributed by atoms with Crippen LogP contribution in [0.1, 0.15) is 24.7 Å². The molecule has 9 nitrogen and oxygen atoms in total. The summed E-state index contributed by atoms with van der Waals surface area (Å²) in [5, 5.41) is 7.36. The standard InChI is InChI=1S/C17H20N8O.ClH/c1-25(12-5-3-2-4-6-12)17-22-13(21-16(18)23-17)14-20-15(26-24-14)11-7-9-19-10-8-11;/h2-6,11,19H,7-10H2,1H3,(H2,18,21,22,23);1H. The van der Waals surface area contributed by atoms with Gasteiger partial charge in [0.25, 0.3) is 0 Å². The Hall–Kier alpha value is -2.78. The van der Waals surface area contributed by atoms with Gasteiger partial charge in [-0.25, -0.2) is 0 Å². The maximum atomic E-state index is 5.88. The van der Waals surface area contributed by atoms with Crippen LogP contribution in [0.5, 0.6) is 0 Å². The summed E-state index contributed by atoms with van der Waals surface area (Å²) in [5.41, 5.74) is 6.82. The van der Waals surface area contributed by atoms with Crippen LogP contribution in [0.25, 0.3) is 11.6 Å². The van der Waals surface area contributed by atoms with Crippen LogP contribution in [0, 0.1) is 0 Å². The molecule has 1 saturated heterocycles. The second-order valence-corrected chi connectivity index (χ2v) is 6.19. The first-order valence-corrected chi connectivity index (χ1v) is 8.56. The SMILES string of the molecule is CN(c1ccccc1)c1nc(N)nc(-c2noc(C3CCNCC3)n2)n1.Cl. The number of nitrogens with zero attached hydrogens (tertiary/aromatic N) is 6. The fourth-order valence-electron chi connectivity index (χ4n) is 2.96. The fraction of sp³-hybridized carbons (Fsp3) is 0.353. The van der Waals surface area contributed by atoms with Gasteiger partial charge in [-0.15, -0.1) is 12.4 Å². The molecule has 2 aromatic heterocycles. The van der Waals surface area contributed by atoms with Crippen molar-refractivity contribution in [3.05, 3.63) is 36.2 Å². The molecule has 0 bridgehead atoms. The van der Waals surface area contributed by atoms with Crippen LogP contribution in [0.4, 0.5) is 17.6 Å². The molecule has 1 aliphatic rings. The lowest BCUT2D eigenvalue weighted by molar-refractivity contribution is 0.320. The molecule has 0 atom stereocenters. The molecule has 0 spiro atoms. The third kappa shape index (κ3) is 4.15. The summed E-state index contributed by atoms with van der Waals surface area (Å²) in [6.45, 7) is 1.90. The molecule has 0 amide bonds. The Kier molecular flexibility index (Phi) is 5.82. The summed E-state index contributed by atoms with van der Waals surface area (Å²) in [5.74, 6) is 2.06. The highest BCUT2D eigenvalue weighted by molar-refractivity contribution is 5.85.